The number of nitrogens with zero attached hydrogens (tertiary/aromatic N) is 1. The van der Waals surface area contributed by atoms with Gasteiger partial charge in [-0.05, 0) is 24.6 Å². The highest BCUT2D eigenvalue weighted by Gasteiger charge is 2.18. The number of anilines is 1. The summed E-state index contributed by atoms with van der Waals surface area (Å²) in [6.07, 6.45) is 2.37. The summed E-state index contributed by atoms with van der Waals surface area (Å²) in [6, 6.07) is 5.44. The summed E-state index contributed by atoms with van der Waals surface area (Å²) >= 11 is 1.75. The van der Waals surface area contributed by atoms with Gasteiger partial charge in [0.15, 0.2) is 0 Å². The molecule has 0 amide bonds. The van der Waals surface area contributed by atoms with Crippen molar-refractivity contribution in [1.82, 2.24) is 0 Å². The SMILES string of the molecule is CCCCN1CCSc2cc(C(=O)O)ccc21. The van der Waals surface area contributed by atoms with Gasteiger partial charge in [-0.3, -0.25) is 0 Å². The van der Waals surface area contributed by atoms with Crippen LogP contribution in [0.1, 0.15) is 30.1 Å². The van der Waals surface area contributed by atoms with Crippen molar-refractivity contribution in [3.63, 3.8) is 0 Å². The van der Waals surface area contributed by atoms with Gasteiger partial charge in [-0.1, -0.05) is 13.3 Å². The molecule has 0 radical (unpaired) electrons. The van der Waals surface area contributed by atoms with Crippen molar-refractivity contribution in [1.29, 1.82) is 0 Å². The quantitative estimate of drug-likeness (QED) is 0.892. The zero-order valence-electron chi connectivity index (χ0n) is 9.98. The highest BCUT2D eigenvalue weighted by Crippen LogP contribution is 2.35. The van der Waals surface area contributed by atoms with Crippen molar-refractivity contribution in [2.75, 3.05) is 23.7 Å². The third kappa shape index (κ3) is 2.75. The van der Waals surface area contributed by atoms with Gasteiger partial charge in [-0.25, -0.2) is 4.79 Å². The van der Waals surface area contributed by atoms with E-state index < -0.39 is 5.97 Å². The first-order valence-corrected chi connectivity index (χ1v) is 6.96. The van der Waals surface area contributed by atoms with Gasteiger partial charge in [0, 0.05) is 23.7 Å². The smallest absolute Gasteiger partial charge is 0.335 e. The predicted octanol–water partition coefficient (Wildman–Crippen LogP) is 3.10. The molecule has 0 aromatic heterocycles. The minimum absolute atomic E-state index is 0.383. The molecule has 1 heterocycles. The lowest BCUT2D eigenvalue weighted by Crippen LogP contribution is -2.30. The lowest BCUT2D eigenvalue weighted by atomic mass is 10.2. The number of carboxylic acids is 1. The molecule has 1 aromatic rings. The lowest BCUT2D eigenvalue weighted by Gasteiger charge is -2.31. The maximum atomic E-state index is 10.9. The fourth-order valence-corrected chi connectivity index (χ4v) is 3.08. The molecule has 0 saturated carbocycles. The molecule has 92 valence electrons. The van der Waals surface area contributed by atoms with Crippen LogP contribution in [0.25, 0.3) is 0 Å². The molecule has 1 N–H and O–H groups in total. The lowest BCUT2D eigenvalue weighted by molar-refractivity contribution is 0.0696. The molecule has 0 bridgehead atoms. The van der Waals surface area contributed by atoms with Crippen molar-refractivity contribution >= 4 is 23.4 Å². The Labute approximate surface area is 106 Å². The van der Waals surface area contributed by atoms with Gasteiger partial charge in [0.2, 0.25) is 0 Å². The molecule has 3 nitrogen and oxygen atoms in total. The number of hydrogen-bond donors (Lipinski definition) is 1. The zero-order chi connectivity index (χ0) is 12.3. The molecule has 0 aliphatic carbocycles. The van der Waals surface area contributed by atoms with Gasteiger partial charge >= 0.3 is 5.97 Å². The van der Waals surface area contributed by atoms with Gasteiger partial charge in [-0.2, -0.15) is 0 Å². The number of thioether (sulfide) groups is 1. The number of aromatic carboxylic acids is 1. The van der Waals surface area contributed by atoms with E-state index in [1.807, 2.05) is 6.07 Å². The largest absolute Gasteiger partial charge is 0.478 e. The Hall–Kier alpha value is -1.16. The second kappa shape index (κ2) is 5.45. The summed E-state index contributed by atoms with van der Waals surface area (Å²) < 4.78 is 0. The van der Waals surface area contributed by atoms with E-state index in [9.17, 15) is 4.79 Å². The minimum atomic E-state index is -0.848. The predicted molar refractivity (Wildman–Crippen MR) is 71.2 cm³/mol. The van der Waals surface area contributed by atoms with E-state index in [0.717, 1.165) is 23.7 Å². The van der Waals surface area contributed by atoms with Crippen LogP contribution in [-0.2, 0) is 0 Å². The second-order valence-corrected chi connectivity index (χ2v) is 5.31. The molecule has 0 spiro atoms. The third-order valence-corrected chi connectivity index (χ3v) is 3.97. The molecule has 0 atom stereocenters. The van der Waals surface area contributed by atoms with Gasteiger partial charge in [0.05, 0.1) is 11.3 Å². The van der Waals surface area contributed by atoms with Crippen molar-refractivity contribution in [3.8, 4) is 0 Å². The molecule has 0 unspecified atom stereocenters. The first-order chi connectivity index (χ1) is 8.22. The molecule has 0 fully saturated rings. The topological polar surface area (TPSA) is 40.5 Å². The number of hydrogen-bond acceptors (Lipinski definition) is 3. The van der Waals surface area contributed by atoms with E-state index in [2.05, 4.69) is 11.8 Å². The molecular weight excluding hydrogens is 234 g/mol. The Bertz CT molecular complexity index is 420. The van der Waals surface area contributed by atoms with Crippen LogP contribution in [0.5, 0.6) is 0 Å². The van der Waals surface area contributed by atoms with Crippen LogP contribution < -0.4 is 4.90 Å². The fourth-order valence-electron chi connectivity index (χ4n) is 1.99. The van der Waals surface area contributed by atoms with Crippen molar-refractivity contribution in [2.24, 2.45) is 0 Å². The Kier molecular flexibility index (Phi) is 3.94. The summed E-state index contributed by atoms with van der Waals surface area (Å²) in [5, 5.41) is 8.97. The van der Waals surface area contributed by atoms with Crippen molar-refractivity contribution < 1.29 is 9.90 Å². The summed E-state index contributed by atoms with van der Waals surface area (Å²) in [5.74, 6) is 0.193. The minimum Gasteiger partial charge on any atom is -0.478 e. The van der Waals surface area contributed by atoms with E-state index >= 15 is 0 Å². The van der Waals surface area contributed by atoms with Crippen LogP contribution in [0.4, 0.5) is 5.69 Å². The van der Waals surface area contributed by atoms with E-state index in [-0.39, 0.29) is 0 Å². The summed E-state index contributed by atoms with van der Waals surface area (Å²) in [6.45, 7) is 4.31. The van der Waals surface area contributed by atoms with E-state index in [1.165, 1.54) is 18.5 Å². The van der Waals surface area contributed by atoms with Crippen LogP contribution in [0.15, 0.2) is 23.1 Å². The average molecular weight is 251 g/mol. The summed E-state index contributed by atoms with van der Waals surface area (Å²) in [7, 11) is 0. The van der Waals surface area contributed by atoms with Gasteiger partial charge in [0.1, 0.15) is 0 Å². The van der Waals surface area contributed by atoms with E-state index in [1.54, 1.807) is 23.9 Å². The number of unbranched alkanes of at least 4 members (excludes halogenated alkanes) is 1. The normalized spacial score (nSPS) is 14.5. The Morgan fingerprint density at radius 2 is 2.35 bits per heavy atom. The Morgan fingerprint density at radius 3 is 3.06 bits per heavy atom. The van der Waals surface area contributed by atoms with Crippen molar-refractivity contribution in [3.05, 3.63) is 23.8 Å². The first kappa shape index (κ1) is 12.3. The summed E-state index contributed by atoms with van der Waals surface area (Å²) in [5.41, 5.74) is 1.58. The number of benzene rings is 1. The fraction of sp³-hybridized carbons (Fsp3) is 0.462. The molecule has 17 heavy (non-hydrogen) atoms. The van der Waals surface area contributed by atoms with Gasteiger partial charge in [-0.15, -0.1) is 11.8 Å². The maximum Gasteiger partial charge on any atom is 0.335 e. The molecule has 1 aromatic carbocycles. The molecule has 2 rings (SSSR count). The molecule has 1 aliphatic rings. The van der Waals surface area contributed by atoms with Crippen LogP contribution in [-0.4, -0.2) is 29.9 Å². The Balaban J connectivity index is 2.23. The van der Waals surface area contributed by atoms with Crippen LogP contribution in [0, 0.1) is 0 Å². The zero-order valence-corrected chi connectivity index (χ0v) is 10.8. The Morgan fingerprint density at radius 1 is 1.53 bits per heavy atom. The van der Waals surface area contributed by atoms with E-state index in [0.29, 0.717) is 5.56 Å². The highest BCUT2D eigenvalue weighted by molar-refractivity contribution is 7.99. The van der Waals surface area contributed by atoms with Crippen LogP contribution in [0.2, 0.25) is 0 Å². The molecule has 4 heteroatoms. The standard InChI is InChI=1S/C13H17NO2S/c1-2-3-6-14-7-8-17-12-9-10(13(15)16)4-5-11(12)14/h4-5,9H,2-3,6-8H2,1H3,(H,15,16). The highest BCUT2D eigenvalue weighted by atomic mass is 32.2. The number of carbonyl (C=O) groups is 1. The van der Waals surface area contributed by atoms with Gasteiger partial charge < -0.3 is 10.0 Å². The first-order valence-electron chi connectivity index (χ1n) is 5.97. The maximum absolute atomic E-state index is 10.9. The molecular formula is C13H17NO2S. The third-order valence-electron chi connectivity index (χ3n) is 2.95. The van der Waals surface area contributed by atoms with Gasteiger partial charge in [0.25, 0.3) is 0 Å². The molecule has 1 aliphatic heterocycles. The average Bonchev–Trinajstić information content (AvgIpc) is 2.35. The molecule has 0 saturated heterocycles. The number of fused-ring (bicyclic) bond motifs is 1. The number of carboxylic acid groups (broad SMARTS) is 1. The summed E-state index contributed by atoms with van der Waals surface area (Å²) in [4.78, 5) is 14.4. The monoisotopic (exact) mass is 251 g/mol. The van der Waals surface area contributed by atoms with Crippen LogP contribution in [0.3, 0.4) is 0 Å². The van der Waals surface area contributed by atoms with Crippen LogP contribution >= 0.6 is 11.8 Å². The van der Waals surface area contributed by atoms with Crippen molar-refractivity contribution in [2.45, 2.75) is 24.7 Å². The number of rotatable bonds is 4. The van der Waals surface area contributed by atoms with E-state index in [4.69, 9.17) is 5.11 Å². The second-order valence-electron chi connectivity index (χ2n) is 4.18.